The molecular formula is C22H15BF4N2S. The quantitative estimate of drug-likeness (QED) is 0.175. The fourth-order valence-electron chi connectivity index (χ4n) is 3.22. The molecule has 2 nitrogen and oxygen atoms in total. The second kappa shape index (κ2) is 8.24. The highest BCUT2D eigenvalue weighted by molar-refractivity contribution is 7.21. The summed E-state index contributed by atoms with van der Waals surface area (Å²) in [6, 6.07) is 29.4. The number of thiazole rings is 1. The third-order valence-corrected chi connectivity index (χ3v) is 5.47. The first-order valence-corrected chi connectivity index (χ1v) is 9.94. The summed E-state index contributed by atoms with van der Waals surface area (Å²) in [5.41, 5.74) is 4.59. The number of benzene rings is 3. The molecule has 0 bridgehead atoms. The van der Waals surface area contributed by atoms with Crippen LogP contribution in [0.3, 0.4) is 0 Å². The number of halogens is 4. The molecule has 0 aliphatic carbocycles. The van der Waals surface area contributed by atoms with E-state index in [-0.39, 0.29) is 0 Å². The summed E-state index contributed by atoms with van der Waals surface area (Å²) in [6.07, 6.45) is 2.14. The molecule has 0 atom stereocenters. The van der Waals surface area contributed by atoms with Crippen molar-refractivity contribution in [3.8, 4) is 16.3 Å². The number of para-hydroxylation sites is 3. The Balaban J connectivity index is 0.000000393. The van der Waals surface area contributed by atoms with Crippen LogP contribution >= 0.6 is 11.3 Å². The molecule has 0 unspecified atom stereocenters. The Morgan fingerprint density at radius 2 is 1.37 bits per heavy atom. The average molecular weight is 426 g/mol. The van der Waals surface area contributed by atoms with Gasteiger partial charge in [0.25, 0.3) is 0 Å². The van der Waals surface area contributed by atoms with E-state index in [0.29, 0.717) is 0 Å². The first kappa shape index (κ1) is 20.0. The van der Waals surface area contributed by atoms with Crippen molar-refractivity contribution in [2.45, 2.75) is 0 Å². The molecule has 8 heteroatoms. The van der Waals surface area contributed by atoms with E-state index in [1.165, 1.54) is 21.2 Å². The molecule has 0 radical (unpaired) electrons. The van der Waals surface area contributed by atoms with E-state index in [1.54, 1.807) is 11.3 Å². The van der Waals surface area contributed by atoms with Gasteiger partial charge < -0.3 is 17.3 Å². The van der Waals surface area contributed by atoms with Gasteiger partial charge in [-0.15, -0.1) is 11.3 Å². The lowest BCUT2D eigenvalue weighted by Gasteiger charge is -2.04. The molecule has 0 aliphatic heterocycles. The summed E-state index contributed by atoms with van der Waals surface area (Å²) in [6.45, 7) is 0. The van der Waals surface area contributed by atoms with Crippen LogP contribution in [0.25, 0.3) is 37.4 Å². The number of fused-ring (bicyclic) bond motifs is 2. The molecular weight excluding hydrogens is 411 g/mol. The van der Waals surface area contributed by atoms with E-state index in [4.69, 9.17) is 4.98 Å². The van der Waals surface area contributed by atoms with Crippen molar-refractivity contribution in [3.05, 3.63) is 91.1 Å². The standard InChI is InChI=1S/C22H15N2S.BF4/c1-2-8-16(9-3-1)24-15-14-18(17-10-4-6-12-20(17)24)22-23-19-11-5-7-13-21(19)25-22;2-1(3,4)5/h1-15H;/q+1;-1. The van der Waals surface area contributed by atoms with Crippen molar-refractivity contribution in [1.82, 2.24) is 4.98 Å². The SMILES string of the molecule is F[B-](F)(F)F.c1ccc(-[n+]2ccc(-c3nc4ccccc4s3)c3ccccc32)cc1. The third-order valence-electron chi connectivity index (χ3n) is 4.40. The Morgan fingerprint density at radius 1 is 0.733 bits per heavy atom. The van der Waals surface area contributed by atoms with Crippen molar-refractivity contribution in [1.29, 1.82) is 0 Å². The first-order chi connectivity index (χ1) is 14.4. The second-order valence-electron chi connectivity index (χ2n) is 6.43. The highest BCUT2D eigenvalue weighted by Gasteiger charge is 2.20. The van der Waals surface area contributed by atoms with Gasteiger partial charge in [0.05, 0.1) is 15.6 Å². The molecule has 30 heavy (non-hydrogen) atoms. The van der Waals surface area contributed by atoms with E-state index in [0.717, 1.165) is 16.2 Å². The Bertz CT molecular complexity index is 1260. The summed E-state index contributed by atoms with van der Waals surface area (Å²) >= 11 is 1.75. The van der Waals surface area contributed by atoms with Gasteiger partial charge in [-0.25, -0.2) is 4.98 Å². The molecule has 0 fully saturated rings. The van der Waals surface area contributed by atoms with Crippen LogP contribution in [-0.4, -0.2) is 12.2 Å². The van der Waals surface area contributed by atoms with Gasteiger partial charge in [-0.3, -0.25) is 0 Å². The lowest BCUT2D eigenvalue weighted by molar-refractivity contribution is -0.567. The minimum atomic E-state index is -6.00. The molecule has 0 N–H and O–H groups in total. The van der Waals surface area contributed by atoms with Gasteiger partial charge in [0.1, 0.15) is 5.01 Å². The lowest BCUT2D eigenvalue weighted by atomic mass is 10.1. The second-order valence-corrected chi connectivity index (χ2v) is 7.46. The van der Waals surface area contributed by atoms with Crippen LogP contribution in [0.5, 0.6) is 0 Å². The molecule has 0 amide bonds. The maximum Gasteiger partial charge on any atom is 0.673 e. The predicted molar refractivity (Wildman–Crippen MR) is 114 cm³/mol. The molecule has 0 saturated carbocycles. The van der Waals surface area contributed by atoms with Gasteiger partial charge in [-0.1, -0.05) is 42.5 Å². The zero-order valence-electron chi connectivity index (χ0n) is 15.6. The molecule has 150 valence electrons. The highest BCUT2D eigenvalue weighted by atomic mass is 32.1. The van der Waals surface area contributed by atoms with Gasteiger partial charge >= 0.3 is 7.25 Å². The number of hydrogen-bond donors (Lipinski definition) is 0. The van der Waals surface area contributed by atoms with Gasteiger partial charge in [-0.2, -0.15) is 4.57 Å². The lowest BCUT2D eigenvalue weighted by Crippen LogP contribution is -2.30. The van der Waals surface area contributed by atoms with Crippen LogP contribution in [-0.2, 0) is 0 Å². The van der Waals surface area contributed by atoms with Gasteiger partial charge in [0.15, 0.2) is 6.20 Å². The van der Waals surface area contributed by atoms with Gasteiger partial charge in [0, 0.05) is 29.8 Å². The number of nitrogens with zero attached hydrogens (tertiary/aromatic N) is 2. The van der Waals surface area contributed by atoms with Crippen LogP contribution in [0.1, 0.15) is 0 Å². The zero-order valence-corrected chi connectivity index (χ0v) is 16.4. The Kier molecular flexibility index (Phi) is 5.50. The average Bonchev–Trinajstić information content (AvgIpc) is 3.16. The molecule has 5 rings (SSSR count). The van der Waals surface area contributed by atoms with Crippen LogP contribution < -0.4 is 4.57 Å². The summed E-state index contributed by atoms with van der Waals surface area (Å²) in [5.74, 6) is 0. The molecule has 0 saturated heterocycles. The topological polar surface area (TPSA) is 16.8 Å². The number of pyridine rings is 1. The van der Waals surface area contributed by atoms with Crippen molar-refractivity contribution < 1.29 is 21.8 Å². The molecule has 5 aromatic rings. The molecule has 2 aromatic heterocycles. The minimum Gasteiger partial charge on any atom is -0.418 e. The largest absolute Gasteiger partial charge is 0.673 e. The van der Waals surface area contributed by atoms with Crippen molar-refractivity contribution >= 4 is 39.7 Å². The molecule has 0 spiro atoms. The summed E-state index contributed by atoms with van der Waals surface area (Å²) < 4.78 is 42.5. The fourth-order valence-corrected chi connectivity index (χ4v) is 4.22. The smallest absolute Gasteiger partial charge is 0.418 e. The van der Waals surface area contributed by atoms with Crippen LogP contribution in [0, 0.1) is 0 Å². The summed E-state index contributed by atoms with van der Waals surface area (Å²) in [5, 5.41) is 2.28. The minimum absolute atomic E-state index is 1.06. The maximum atomic E-state index is 9.75. The van der Waals surface area contributed by atoms with Crippen LogP contribution in [0.2, 0.25) is 0 Å². The van der Waals surface area contributed by atoms with E-state index < -0.39 is 7.25 Å². The molecule has 3 aromatic carbocycles. The summed E-state index contributed by atoms with van der Waals surface area (Å²) in [7, 11) is -6.00. The maximum absolute atomic E-state index is 9.75. The van der Waals surface area contributed by atoms with Gasteiger partial charge in [-0.05, 0) is 18.2 Å². The van der Waals surface area contributed by atoms with Crippen LogP contribution in [0.4, 0.5) is 17.3 Å². The Hall–Kier alpha value is -3.26. The fraction of sp³-hybridized carbons (Fsp3) is 0. The molecule has 2 heterocycles. The van der Waals surface area contributed by atoms with E-state index >= 15 is 0 Å². The zero-order chi connectivity index (χ0) is 21.1. The number of aromatic nitrogens is 2. The Morgan fingerprint density at radius 3 is 2.10 bits per heavy atom. The van der Waals surface area contributed by atoms with Gasteiger partial charge in [0.2, 0.25) is 11.2 Å². The number of hydrogen-bond acceptors (Lipinski definition) is 2. The number of rotatable bonds is 2. The highest BCUT2D eigenvalue weighted by Crippen LogP contribution is 2.33. The van der Waals surface area contributed by atoms with Crippen molar-refractivity contribution in [3.63, 3.8) is 0 Å². The van der Waals surface area contributed by atoms with Crippen molar-refractivity contribution in [2.24, 2.45) is 0 Å². The third kappa shape index (κ3) is 4.49. The molecule has 0 aliphatic rings. The predicted octanol–water partition coefficient (Wildman–Crippen LogP) is 6.69. The first-order valence-electron chi connectivity index (χ1n) is 9.12. The Labute approximate surface area is 174 Å². The van der Waals surface area contributed by atoms with E-state index in [2.05, 4.69) is 83.6 Å². The van der Waals surface area contributed by atoms with E-state index in [9.17, 15) is 17.3 Å². The normalized spacial score (nSPS) is 11.3. The van der Waals surface area contributed by atoms with Crippen LogP contribution in [0.15, 0.2) is 91.1 Å². The van der Waals surface area contributed by atoms with E-state index in [1.807, 2.05) is 12.1 Å². The summed E-state index contributed by atoms with van der Waals surface area (Å²) in [4.78, 5) is 4.84. The monoisotopic (exact) mass is 426 g/mol. The van der Waals surface area contributed by atoms with Crippen molar-refractivity contribution in [2.75, 3.05) is 0 Å².